The molecule has 4 rings (SSSR count). The lowest BCUT2D eigenvalue weighted by Gasteiger charge is -2.33. The van der Waals surface area contributed by atoms with Crippen molar-refractivity contribution in [2.45, 2.75) is 70.5 Å². The first kappa shape index (κ1) is 29.8. The van der Waals surface area contributed by atoms with Crippen molar-refractivity contribution in [3.05, 3.63) is 86.9 Å². The van der Waals surface area contributed by atoms with Crippen molar-refractivity contribution in [1.82, 2.24) is 20.5 Å². The van der Waals surface area contributed by atoms with Crippen molar-refractivity contribution < 1.29 is 19.5 Å². The van der Waals surface area contributed by atoms with Gasteiger partial charge in [-0.1, -0.05) is 54.6 Å². The van der Waals surface area contributed by atoms with E-state index >= 15 is 0 Å². The van der Waals surface area contributed by atoms with Crippen molar-refractivity contribution in [2.75, 3.05) is 5.88 Å². The zero-order valence-electron chi connectivity index (χ0n) is 23.4. The van der Waals surface area contributed by atoms with Gasteiger partial charge >= 0.3 is 0 Å². The Morgan fingerprint density at radius 2 is 1.75 bits per heavy atom. The van der Waals surface area contributed by atoms with Crippen molar-refractivity contribution >= 4 is 40.8 Å². The minimum Gasteiger partial charge on any atom is -0.381 e. The average Bonchev–Trinajstić information content (AvgIpc) is 3.44. The number of aliphatic hydroxyl groups is 1. The van der Waals surface area contributed by atoms with Gasteiger partial charge in [0.2, 0.25) is 5.91 Å². The number of aliphatic hydroxyl groups excluding tert-OH is 1. The van der Waals surface area contributed by atoms with E-state index in [1.54, 1.807) is 6.92 Å². The molecule has 0 saturated carbocycles. The monoisotopic (exact) mass is 580 g/mol. The second-order valence-electron chi connectivity index (χ2n) is 10.6. The number of thiazole rings is 1. The van der Waals surface area contributed by atoms with Gasteiger partial charge in [-0.05, 0) is 57.7 Å². The van der Waals surface area contributed by atoms with Gasteiger partial charge in [0.15, 0.2) is 6.10 Å². The fourth-order valence-corrected chi connectivity index (χ4v) is 6.89. The number of carbonyl (C=O) groups excluding carboxylic acids is 3. The van der Waals surface area contributed by atoms with Crippen LogP contribution in [0.5, 0.6) is 0 Å². The highest BCUT2D eigenvalue weighted by Gasteiger charge is 2.49. The highest BCUT2D eigenvalue weighted by atomic mass is 32.2. The highest BCUT2D eigenvalue weighted by molar-refractivity contribution is 8.00. The van der Waals surface area contributed by atoms with Crippen LogP contribution in [0.3, 0.4) is 0 Å². The van der Waals surface area contributed by atoms with Gasteiger partial charge < -0.3 is 20.6 Å². The Bertz CT molecular complexity index is 1380. The molecule has 0 spiro atoms. The third-order valence-electron chi connectivity index (χ3n) is 7.15. The Morgan fingerprint density at radius 3 is 2.40 bits per heavy atom. The molecule has 0 unspecified atom stereocenters. The number of hydrogen-bond acceptors (Lipinski definition) is 7. The predicted molar refractivity (Wildman–Crippen MR) is 159 cm³/mol. The first-order valence-electron chi connectivity index (χ1n) is 13.2. The summed E-state index contributed by atoms with van der Waals surface area (Å²) < 4.78 is -0.569. The van der Waals surface area contributed by atoms with Gasteiger partial charge in [0.05, 0.1) is 22.6 Å². The molecule has 0 radical (unpaired) electrons. The molecule has 3 atom stereocenters. The second kappa shape index (κ2) is 12.5. The first-order chi connectivity index (χ1) is 19.0. The molecule has 1 fully saturated rings. The number of nitrogens with zero attached hydrogens (tertiary/aromatic N) is 2. The smallest absolute Gasteiger partial charge is 0.263 e. The van der Waals surface area contributed by atoms with Gasteiger partial charge in [-0.3, -0.25) is 14.4 Å². The predicted octanol–water partition coefficient (Wildman–Crippen LogP) is 3.77. The van der Waals surface area contributed by atoms with Gasteiger partial charge in [0.25, 0.3) is 11.8 Å². The Kier molecular flexibility index (Phi) is 9.33. The summed E-state index contributed by atoms with van der Waals surface area (Å²) in [5.41, 5.74) is 3.52. The van der Waals surface area contributed by atoms with Crippen LogP contribution in [0, 0.1) is 20.8 Å². The molecule has 2 aromatic carbocycles. The van der Waals surface area contributed by atoms with E-state index in [4.69, 9.17) is 0 Å². The third-order valence-corrected chi connectivity index (χ3v) is 9.60. The van der Waals surface area contributed by atoms with Gasteiger partial charge in [-0.15, -0.1) is 23.1 Å². The normalized spacial score (nSPS) is 17.8. The molecule has 8 nitrogen and oxygen atoms in total. The molecule has 212 valence electrons. The van der Waals surface area contributed by atoms with Crippen LogP contribution in [-0.2, 0) is 22.6 Å². The van der Waals surface area contributed by atoms with Gasteiger partial charge in [-0.2, -0.15) is 0 Å². The van der Waals surface area contributed by atoms with E-state index in [9.17, 15) is 19.5 Å². The lowest BCUT2D eigenvalue weighted by atomic mass is 9.97. The summed E-state index contributed by atoms with van der Waals surface area (Å²) in [5.74, 6) is -1.00. The molecule has 1 aromatic heterocycles. The fraction of sp³-hybridized carbons (Fsp3) is 0.400. The summed E-state index contributed by atoms with van der Waals surface area (Å²) >= 11 is 2.75. The Labute approximate surface area is 243 Å². The van der Waals surface area contributed by atoms with Crippen LogP contribution in [0.2, 0.25) is 0 Å². The van der Waals surface area contributed by atoms with Gasteiger partial charge in [-0.25, -0.2) is 4.98 Å². The summed E-state index contributed by atoms with van der Waals surface area (Å²) in [5, 5.41) is 18.1. The topological polar surface area (TPSA) is 112 Å². The minimum atomic E-state index is -1.56. The maximum Gasteiger partial charge on any atom is 0.263 e. The molecular formula is C30H36N4O4S2. The maximum atomic E-state index is 13.8. The zero-order valence-corrected chi connectivity index (χ0v) is 25.1. The molecule has 1 saturated heterocycles. The number of aryl methyl sites for hydroxylation is 3. The molecule has 1 aliphatic rings. The Morgan fingerprint density at radius 1 is 1.07 bits per heavy atom. The minimum absolute atomic E-state index is 0.241. The average molecular weight is 581 g/mol. The fourth-order valence-electron chi connectivity index (χ4n) is 4.93. The van der Waals surface area contributed by atoms with E-state index in [0.29, 0.717) is 17.1 Å². The molecule has 3 aromatic rings. The number of aromatic nitrogens is 1. The standard InChI is InChI=1S/C30H36N4O4S2/c1-18-11-9-10-14-22(18)16-31-28(37)26-30(4,5)39-17-34(26)29(38)24(35)23(15-21-12-7-6-8-13-21)33-27(36)25-19(2)32-20(3)40-25/h6-14,23-24,26,35H,15-17H2,1-5H3,(H,31,37)(H,33,36)/t23-,24-,26+/m0/s1. The van der Waals surface area contributed by atoms with Crippen LogP contribution >= 0.6 is 23.1 Å². The second-order valence-corrected chi connectivity index (χ2v) is 13.4. The summed E-state index contributed by atoms with van der Waals surface area (Å²) in [4.78, 5) is 46.7. The molecule has 3 N–H and O–H groups in total. The maximum absolute atomic E-state index is 13.8. The van der Waals surface area contributed by atoms with Crippen LogP contribution in [0.15, 0.2) is 54.6 Å². The first-order valence-corrected chi connectivity index (χ1v) is 15.0. The Hall–Kier alpha value is -3.21. The van der Waals surface area contributed by atoms with E-state index in [-0.39, 0.29) is 24.1 Å². The summed E-state index contributed by atoms with van der Waals surface area (Å²) in [6, 6.07) is 15.5. The molecule has 0 bridgehead atoms. The van der Waals surface area contributed by atoms with Crippen LogP contribution in [0.1, 0.15) is 50.9 Å². The summed E-state index contributed by atoms with van der Waals surface area (Å²) in [7, 11) is 0. The zero-order chi connectivity index (χ0) is 29.0. The number of hydrogen-bond donors (Lipinski definition) is 3. The molecule has 40 heavy (non-hydrogen) atoms. The molecular weight excluding hydrogens is 544 g/mol. The van der Waals surface area contributed by atoms with Crippen molar-refractivity contribution in [3.63, 3.8) is 0 Å². The SMILES string of the molecule is Cc1nc(C)c(C(=O)N[C@@H](Cc2ccccc2)[C@H](O)C(=O)N2CSC(C)(C)[C@H]2C(=O)NCc2ccccc2C)s1. The van der Waals surface area contributed by atoms with Crippen molar-refractivity contribution in [3.8, 4) is 0 Å². The van der Waals surface area contributed by atoms with Gasteiger partial charge in [0.1, 0.15) is 10.9 Å². The lowest BCUT2D eigenvalue weighted by Crippen LogP contribution is -2.58. The number of benzene rings is 2. The van der Waals surface area contributed by atoms with E-state index in [0.717, 1.165) is 21.7 Å². The number of rotatable bonds is 9. The lowest BCUT2D eigenvalue weighted by molar-refractivity contribution is -0.147. The number of carbonyl (C=O) groups is 3. The molecule has 0 aliphatic carbocycles. The summed E-state index contributed by atoms with van der Waals surface area (Å²) in [6.45, 7) is 9.76. The van der Waals surface area contributed by atoms with Crippen molar-refractivity contribution in [1.29, 1.82) is 0 Å². The quantitative estimate of drug-likeness (QED) is 0.355. The van der Waals surface area contributed by atoms with E-state index in [1.165, 1.54) is 28.0 Å². The number of nitrogens with one attached hydrogen (secondary N) is 2. The van der Waals surface area contributed by atoms with E-state index in [1.807, 2.05) is 82.3 Å². The molecule has 3 amide bonds. The van der Waals surface area contributed by atoms with Gasteiger partial charge in [0, 0.05) is 11.3 Å². The third kappa shape index (κ3) is 6.74. The Balaban J connectivity index is 1.55. The highest BCUT2D eigenvalue weighted by Crippen LogP contribution is 2.40. The van der Waals surface area contributed by atoms with Crippen molar-refractivity contribution in [2.24, 2.45) is 0 Å². The molecule has 1 aliphatic heterocycles. The van der Waals surface area contributed by atoms with E-state index in [2.05, 4.69) is 15.6 Å². The summed E-state index contributed by atoms with van der Waals surface area (Å²) in [6.07, 6.45) is -1.31. The van der Waals surface area contributed by atoms with Crippen LogP contribution in [0.4, 0.5) is 0 Å². The number of amides is 3. The van der Waals surface area contributed by atoms with Crippen LogP contribution in [0.25, 0.3) is 0 Å². The largest absolute Gasteiger partial charge is 0.381 e. The number of thioether (sulfide) groups is 1. The van der Waals surface area contributed by atoms with Crippen LogP contribution in [-0.4, -0.2) is 61.5 Å². The van der Waals surface area contributed by atoms with Crippen LogP contribution < -0.4 is 10.6 Å². The van der Waals surface area contributed by atoms with E-state index < -0.39 is 28.8 Å². The molecule has 2 heterocycles. The molecule has 10 heteroatoms.